The van der Waals surface area contributed by atoms with Crippen molar-refractivity contribution in [3.63, 3.8) is 0 Å². The highest BCUT2D eigenvalue weighted by molar-refractivity contribution is 6.07. The Morgan fingerprint density at radius 2 is 1.59 bits per heavy atom. The Labute approximate surface area is 198 Å². The molecule has 0 aromatic heterocycles. The molecule has 2 aliphatic rings. The Morgan fingerprint density at radius 1 is 0.971 bits per heavy atom. The highest BCUT2D eigenvalue weighted by Crippen LogP contribution is 2.35. The van der Waals surface area contributed by atoms with Gasteiger partial charge in [-0.05, 0) is 49.6 Å². The molecule has 6 amide bonds. The van der Waals surface area contributed by atoms with Gasteiger partial charge in [0.15, 0.2) is 0 Å². The third-order valence-electron chi connectivity index (χ3n) is 6.34. The van der Waals surface area contributed by atoms with Crippen molar-refractivity contribution < 1.29 is 19.2 Å². The first kappa shape index (κ1) is 23.3. The van der Waals surface area contributed by atoms with Crippen LogP contribution in [0.15, 0.2) is 54.6 Å². The fraction of sp³-hybridized carbons (Fsp3) is 0.360. The summed E-state index contributed by atoms with van der Waals surface area (Å²) in [5.74, 6) is -0.458. The average Bonchev–Trinajstić information content (AvgIpc) is 3.38. The number of para-hydroxylation sites is 1. The fourth-order valence-electron chi connectivity index (χ4n) is 4.48. The highest BCUT2D eigenvalue weighted by Gasteiger charge is 2.52. The summed E-state index contributed by atoms with van der Waals surface area (Å²) < 4.78 is 0. The van der Waals surface area contributed by atoms with Crippen LogP contribution >= 0.6 is 0 Å². The smallest absolute Gasteiger partial charge is 0.325 e. The van der Waals surface area contributed by atoms with Gasteiger partial charge in [0, 0.05) is 24.3 Å². The lowest BCUT2D eigenvalue weighted by Crippen LogP contribution is -2.44. The van der Waals surface area contributed by atoms with Crippen LogP contribution in [0.4, 0.5) is 21.0 Å². The van der Waals surface area contributed by atoms with Crippen LogP contribution in [0.2, 0.25) is 0 Å². The van der Waals surface area contributed by atoms with Crippen molar-refractivity contribution >= 4 is 35.3 Å². The average molecular weight is 464 g/mol. The molecular formula is C25H29N5O4. The van der Waals surface area contributed by atoms with Gasteiger partial charge in [0.25, 0.3) is 5.91 Å². The molecule has 1 unspecified atom stereocenters. The van der Waals surface area contributed by atoms with Crippen LogP contribution in [0.5, 0.6) is 0 Å². The topological polar surface area (TPSA) is 120 Å². The maximum absolute atomic E-state index is 12.7. The van der Waals surface area contributed by atoms with E-state index in [-0.39, 0.29) is 36.9 Å². The molecule has 2 fully saturated rings. The number of carbonyl (C=O) groups is 4. The molecule has 0 radical (unpaired) electrons. The normalized spacial score (nSPS) is 17.4. The SMILES string of the molecule is CC(NC(=O)CCN1C(=O)NC2(CCCC2)C1=O)c1ccc(NC(=O)Nc2ccccc2)cc1. The predicted molar refractivity (Wildman–Crippen MR) is 128 cm³/mol. The van der Waals surface area contributed by atoms with Crippen LogP contribution in [0.3, 0.4) is 0 Å². The second-order valence-corrected chi connectivity index (χ2v) is 8.78. The van der Waals surface area contributed by atoms with Crippen LogP contribution in [-0.4, -0.2) is 40.9 Å². The summed E-state index contributed by atoms with van der Waals surface area (Å²) in [6.45, 7) is 1.91. The van der Waals surface area contributed by atoms with Gasteiger partial charge in [-0.25, -0.2) is 9.59 Å². The molecule has 9 heteroatoms. The molecule has 0 bridgehead atoms. The highest BCUT2D eigenvalue weighted by atomic mass is 16.2. The van der Waals surface area contributed by atoms with Gasteiger partial charge in [0.05, 0.1) is 6.04 Å². The monoisotopic (exact) mass is 463 g/mol. The molecule has 178 valence electrons. The number of nitrogens with one attached hydrogen (secondary N) is 4. The second kappa shape index (κ2) is 9.94. The Bertz CT molecular complexity index is 1060. The number of benzene rings is 2. The van der Waals surface area contributed by atoms with E-state index in [1.807, 2.05) is 37.3 Å². The third-order valence-corrected chi connectivity index (χ3v) is 6.34. The molecule has 34 heavy (non-hydrogen) atoms. The first-order valence-corrected chi connectivity index (χ1v) is 11.5. The van der Waals surface area contributed by atoms with Gasteiger partial charge in [0.1, 0.15) is 5.54 Å². The lowest BCUT2D eigenvalue weighted by Gasteiger charge is -2.20. The van der Waals surface area contributed by atoms with E-state index in [0.717, 1.165) is 23.3 Å². The minimum atomic E-state index is -0.755. The van der Waals surface area contributed by atoms with E-state index in [1.54, 1.807) is 24.3 Å². The molecule has 1 aliphatic carbocycles. The standard InChI is InChI=1S/C25H29N5O4/c1-17(18-9-11-20(12-10-18)28-23(33)27-19-7-3-2-4-8-19)26-21(31)13-16-30-22(32)25(29-24(30)34)14-5-6-15-25/h2-4,7-12,17H,5-6,13-16H2,1H3,(H,26,31)(H,29,34)(H2,27,28,33). The second-order valence-electron chi connectivity index (χ2n) is 8.78. The van der Waals surface area contributed by atoms with E-state index in [0.29, 0.717) is 24.2 Å². The van der Waals surface area contributed by atoms with Gasteiger partial charge in [0.2, 0.25) is 5.91 Å². The molecular weight excluding hydrogens is 434 g/mol. The maximum Gasteiger partial charge on any atom is 0.325 e. The predicted octanol–water partition coefficient (Wildman–Crippen LogP) is 3.76. The Kier molecular flexibility index (Phi) is 6.81. The summed E-state index contributed by atoms with van der Waals surface area (Å²) in [6, 6.07) is 15.3. The number of rotatable bonds is 7. The molecule has 1 saturated heterocycles. The van der Waals surface area contributed by atoms with Crippen LogP contribution < -0.4 is 21.3 Å². The summed E-state index contributed by atoms with van der Waals surface area (Å²) in [6.07, 6.45) is 3.21. The van der Waals surface area contributed by atoms with Crippen LogP contribution in [0, 0.1) is 0 Å². The summed E-state index contributed by atoms with van der Waals surface area (Å²) in [5, 5.41) is 11.2. The fourth-order valence-corrected chi connectivity index (χ4v) is 4.48. The summed E-state index contributed by atoms with van der Waals surface area (Å²) in [5.41, 5.74) is 1.42. The Morgan fingerprint density at radius 3 is 2.24 bits per heavy atom. The van der Waals surface area contributed by atoms with Gasteiger partial charge in [-0.2, -0.15) is 0 Å². The van der Waals surface area contributed by atoms with Crippen LogP contribution in [0.1, 0.15) is 50.6 Å². The molecule has 9 nitrogen and oxygen atoms in total. The minimum Gasteiger partial charge on any atom is -0.350 e. The van der Waals surface area contributed by atoms with Crippen molar-refractivity contribution in [1.29, 1.82) is 0 Å². The van der Waals surface area contributed by atoms with Crippen molar-refractivity contribution in [2.45, 2.75) is 50.6 Å². The van der Waals surface area contributed by atoms with Gasteiger partial charge < -0.3 is 21.3 Å². The van der Waals surface area contributed by atoms with Crippen LogP contribution in [-0.2, 0) is 9.59 Å². The molecule has 1 saturated carbocycles. The quantitative estimate of drug-likeness (QED) is 0.467. The zero-order valence-electron chi connectivity index (χ0n) is 19.1. The lowest BCUT2D eigenvalue weighted by atomic mass is 9.98. The minimum absolute atomic E-state index is 0.0406. The van der Waals surface area contributed by atoms with Crippen molar-refractivity contribution in [3.05, 3.63) is 60.2 Å². The number of nitrogens with zero attached hydrogens (tertiary/aromatic N) is 1. The van der Waals surface area contributed by atoms with E-state index >= 15 is 0 Å². The summed E-state index contributed by atoms with van der Waals surface area (Å²) in [7, 11) is 0. The van der Waals surface area contributed by atoms with Gasteiger partial charge >= 0.3 is 12.1 Å². The summed E-state index contributed by atoms with van der Waals surface area (Å²) >= 11 is 0. The van der Waals surface area contributed by atoms with Crippen molar-refractivity contribution in [1.82, 2.24) is 15.5 Å². The van der Waals surface area contributed by atoms with Crippen molar-refractivity contribution in [2.75, 3.05) is 17.2 Å². The van der Waals surface area contributed by atoms with Gasteiger partial charge in [-0.1, -0.05) is 43.2 Å². The Hall–Kier alpha value is -3.88. The number of imide groups is 1. The van der Waals surface area contributed by atoms with Gasteiger partial charge in [-0.15, -0.1) is 0 Å². The number of carbonyl (C=O) groups excluding carboxylic acids is 4. The molecule has 1 spiro atoms. The maximum atomic E-state index is 12.7. The van der Waals surface area contributed by atoms with E-state index < -0.39 is 11.6 Å². The third kappa shape index (κ3) is 5.19. The zero-order valence-corrected chi connectivity index (χ0v) is 19.1. The number of anilines is 2. The number of hydrogen-bond donors (Lipinski definition) is 4. The molecule has 2 aromatic carbocycles. The first-order valence-electron chi connectivity index (χ1n) is 11.5. The lowest BCUT2D eigenvalue weighted by molar-refractivity contribution is -0.131. The van der Waals surface area contributed by atoms with Crippen molar-refractivity contribution in [3.8, 4) is 0 Å². The number of hydrogen-bond acceptors (Lipinski definition) is 4. The molecule has 2 aromatic rings. The zero-order chi connectivity index (χ0) is 24.1. The number of urea groups is 2. The molecule has 1 aliphatic heterocycles. The van der Waals surface area contributed by atoms with E-state index in [2.05, 4.69) is 21.3 Å². The largest absolute Gasteiger partial charge is 0.350 e. The molecule has 1 heterocycles. The van der Waals surface area contributed by atoms with E-state index in [1.165, 1.54) is 0 Å². The summed E-state index contributed by atoms with van der Waals surface area (Å²) in [4.78, 5) is 50.7. The molecule has 1 atom stereocenters. The molecule has 4 N–H and O–H groups in total. The van der Waals surface area contributed by atoms with E-state index in [9.17, 15) is 19.2 Å². The van der Waals surface area contributed by atoms with E-state index in [4.69, 9.17) is 0 Å². The van der Waals surface area contributed by atoms with Crippen LogP contribution in [0.25, 0.3) is 0 Å². The number of amides is 6. The van der Waals surface area contributed by atoms with Gasteiger partial charge in [-0.3, -0.25) is 14.5 Å². The van der Waals surface area contributed by atoms with Crippen molar-refractivity contribution in [2.24, 2.45) is 0 Å². The Balaban J connectivity index is 1.24. The molecule has 4 rings (SSSR count). The first-order chi connectivity index (χ1) is 16.4.